The van der Waals surface area contributed by atoms with Crippen molar-refractivity contribution < 1.29 is 33.4 Å². The number of carbonyl (C=O) groups is 4. The van der Waals surface area contributed by atoms with E-state index in [-0.39, 0.29) is 18.9 Å². The second kappa shape index (κ2) is 10.8. The first-order valence-electron chi connectivity index (χ1n) is 10.1. The summed E-state index contributed by atoms with van der Waals surface area (Å²) >= 11 is 0. The summed E-state index contributed by atoms with van der Waals surface area (Å²) in [6, 6.07) is 12.7. The molecule has 0 aliphatic carbocycles. The lowest BCUT2D eigenvalue weighted by molar-refractivity contribution is -0.145. The molecule has 0 bridgehead atoms. The van der Waals surface area contributed by atoms with Crippen LogP contribution in [0.4, 0.5) is 10.5 Å². The predicted molar refractivity (Wildman–Crippen MR) is 118 cm³/mol. The molecule has 1 saturated heterocycles. The topological polar surface area (TPSA) is 123 Å². The number of rotatable bonds is 9. The molecule has 0 atom stereocenters. The molecule has 3 rings (SSSR count). The molecule has 2 N–H and O–H groups in total. The minimum atomic E-state index is -0.730. The van der Waals surface area contributed by atoms with Crippen LogP contribution in [-0.4, -0.2) is 55.6 Å². The van der Waals surface area contributed by atoms with Gasteiger partial charge in [0.1, 0.15) is 23.7 Å². The standard InChI is InChI=1S/C23H23N3O7/c1-3-32-21(28)14-33-18-10-6-4-8-15(18)12-17-22(29)26(23(30)25-17)13-20(27)24-16-9-5-7-11-19(16)31-2/h4-12H,3,13-14H2,1-2H3,(H,24,27)(H,25,30)/b17-12+. The van der Waals surface area contributed by atoms with E-state index in [4.69, 9.17) is 14.2 Å². The van der Waals surface area contributed by atoms with E-state index in [0.717, 1.165) is 4.90 Å². The Labute approximate surface area is 190 Å². The average molecular weight is 453 g/mol. The van der Waals surface area contributed by atoms with Crippen molar-refractivity contribution in [2.75, 3.05) is 32.2 Å². The number of para-hydroxylation sites is 3. The van der Waals surface area contributed by atoms with Crippen molar-refractivity contribution in [1.29, 1.82) is 0 Å². The molecular weight excluding hydrogens is 430 g/mol. The van der Waals surface area contributed by atoms with Crippen LogP contribution in [0, 0.1) is 0 Å². The molecule has 10 nitrogen and oxygen atoms in total. The Hall–Kier alpha value is -4.34. The van der Waals surface area contributed by atoms with Crippen molar-refractivity contribution in [3.63, 3.8) is 0 Å². The average Bonchev–Trinajstić information content (AvgIpc) is 3.06. The molecule has 0 unspecified atom stereocenters. The van der Waals surface area contributed by atoms with Gasteiger partial charge in [-0.3, -0.25) is 9.59 Å². The van der Waals surface area contributed by atoms with Crippen molar-refractivity contribution >= 4 is 35.6 Å². The van der Waals surface area contributed by atoms with E-state index >= 15 is 0 Å². The van der Waals surface area contributed by atoms with Crippen molar-refractivity contribution in [3.05, 3.63) is 59.8 Å². The number of benzene rings is 2. The number of urea groups is 1. The van der Waals surface area contributed by atoms with E-state index in [9.17, 15) is 19.2 Å². The number of nitrogens with one attached hydrogen (secondary N) is 2. The number of carbonyl (C=O) groups excluding carboxylic acids is 4. The Bertz CT molecular complexity index is 1100. The van der Waals surface area contributed by atoms with Crippen molar-refractivity contribution in [2.24, 2.45) is 0 Å². The van der Waals surface area contributed by atoms with Crippen LogP contribution >= 0.6 is 0 Å². The fourth-order valence-electron chi connectivity index (χ4n) is 3.02. The summed E-state index contributed by atoms with van der Waals surface area (Å²) < 4.78 is 15.5. The van der Waals surface area contributed by atoms with E-state index < -0.39 is 30.4 Å². The number of ether oxygens (including phenoxy) is 3. The van der Waals surface area contributed by atoms with Gasteiger partial charge in [-0.15, -0.1) is 0 Å². The third kappa shape index (κ3) is 5.88. The first-order chi connectivity index (χ1) is 15.9. The van der Waals surface area contributed by atoms with Crippen LogP contribution in [0.1, 0.15) is 12.5 Å². The molecular formula is C23H23N3O7. The van der Waals surface area contributed by atoms with Crippen LogP contribution in [-0.2, 0) is 19.1 Å². The maximum absolute atomic E-state index is 12.7. The normalized spacial score (nSPS) is 14.1. The van der Waals surface area contributed by atoms with Gasteiger partial charge in [-0.2, -0.15) is 0 Å². The second-order valence-corrected chi connectivity index (χ2v) is 6.76. The lowest BCUT2D eigenvalue weighted by atomic mass is 10.1. The maximum Gasteiger partial charge on any atom is 0.344 e. The Balaban J connectivity index is 1.70. The van der Waals surface area contributed by atoms with Gasteiger partial charge in [-0.25, -0.2) is 14.5 Å². The summed E-state index contributed by atoms with van der Waals surface area (Å²) in [6.07, 6.45) is 1.42. The highest BCUT2D eigenvalue weighted by Gasteiger charge is 2.35. The van der Waals surface area contributed by atoms with Crippen molar-refractivity contribution in [2.45, 2.75) is 6.92 Å². The molecule has 1 aliphatic rings. The molecule has 2 aromatic rings. The number of amides is 4. The first kappa shape index (κ1) is 23.3. The number of anilines is 1. The highest BCUT2D eigenvalue weighted by Crippen LogP contribution is 2.24. The van der Waals surface area contributed by atoms with Crippen LogP contribution < -0.4 is 20.1 Å². The van der Waals surface area contributed by atoms with Gasteiger partial charge in [0.2, 0.25) is 5.91 Å². The number of esters is 1. The number of hydrogen-bond donors (Lipinski definition) is 2. The lowest BCUT2D eigenvalue weighted by Gasteiger charge is -2.13. The second-order valence-electron chi connectivity index (χ2n) is 6.76. The number of imide groups is 1. The summed E-state index contributed by atoms with van der Waals surface area (Å²) in [5.41, 5.74) is 0.851. The van der Waals surface area contributed by atoms with Gasteiger partial charge in [0.15, 0.2) is 6.61 Å². The fourth-order valence-corrected chi connectivity index (χ4v) is 3.02. The SMILES string of the molecule is CCOC(=O)COc1ccccc1/C=C1/NC(=O)N(CC(=O)Nc2ccccc2OC)C1=O. The summed E-state index contributed by atoms with van der Waals surface area (Å²) in [7, 11) is 1.47. The van der Waals surface area contributed by atoms with Crippen LogP contribution in [0.25, 0.3) is 6.08 Å². The predicted octanol–water partition coefficient (Wildman–Crippen LogP) is 2.17. The highest BCUT2D eigenvalue weighted by atomic mass is 16.6. The minimum absolute atomic E-state index is 0.0303. The number of hydrogen-bond acceptors (Lipinski definition) is 7. The van der Waals surface area contributed by atoms with Gasteiger partial charge < -0.3 is 24.8 Å². The molecule has 1 fully saturated rings. The van der Waals surface area contributed by atoms with Gasteiger partial charge in [0, 0.05) is 5.56 Å². The van der Waals surface area contributed by atoms with Gasteiger partial charge in [0.25, 0.3) is 5.91 Å². The van der Waals surface area contributed by atoms with E-state index in [1.807, 2.05) is 0 Å². The van der Waals surface area contributed by atoms with Crippen molar-refractivity contribution in [1.82, 2.24) is 10.2 Å². The summed E-state index contributed by atoms with van der Waals surface area (Å²) in [5.74, 6) is -0.995. The highest BCUT2D eigenvalue weighted by molar-refractivity contribution is 6.16. The Kier molecular flexibility index (Phi) is 7.64. The van der Waals surface area contributed by atoms with Crippen LogP contribution in [0.2, 0.25) is 0 Å². The van der Waals surface area contributed by atoms with Gasteiger partial charge in [-0.1, -0.05) is 30.3 Å². The van der Waals surface area contributed by atoms with E-state index in [1.54, 1.807) is 55.5 Å². The van der Waals surface area contributed by atoms with Crippen molar-refractivity contribution in [3.8, 4) is 11.5 Å². The van der Waals surface area contributed by atoms with E-state index in [2.05, 4.69) is 10.6 Å². The fraction of sp³-hybridized carbons (Fsp3) is 0.217. The first-order valence-corrected chi connectivity index (χ1v) is 10.1. The minimum Gasteiger partial charge on any atom is -0.495 e. The monoisotopic (exact) mass is 453 g/mol. The van der Waals surface area contributed by atoms with Crippen LogP contribution in [0.5, 0.6) is 11.5 Å². The van der Waals surface area contributed by atoms with Gasteiger partial charge in [-0.05, 0) is 31.2 Å². The molecule has 33 heavy (non-hydrogen) atoms. The maximum atomic E-state index is 12.7. The van der Waals surface area contributed by atoms with Crippen LogP contribution in [0.15, 0.2) is 54.2 Å². The zero-order chi connectivity index (χ0) is 23.8. The summed E-state index contributed by atoms with van der Waals surface area (Å²) in [4.78, 5) is 49.8. The molecule has 0 aromatic heterocycles. The molecule has 2 aromatic carbocycles. The van der Waals surface area contributed by atoms with Crippen LogP contribution in [0.3, 0.4) is 0 Å². The Morgan fingerprint density at radius 3 is 2.48 bits per heavy atom. The molecule has 4 amide bonds. The molecule has 172 valence electrons. The molecule has 0 radical (unpaired) electrons. The van der Waals surface area contributed by atoms with Gasteiger partial charge >= 0.3 is 12.0 Å². The zero-order valence-electron chi connectivity index (χ0n) is 18.1. The quantitative estimate of drug-likeness (QED) is 0.339. The Morgan fingerprint density at radius 2 is 1.76 bits per heavy atom. The van der Waals surface area contributed by atoms with E-state index in [1.165, 1.54) is 13.2 Å². The van der Waals surface area contributed by atoms with Gasteiger partial charge in [0.05, 0.1) is 19.4 Å². The molecule has 0 saturated carbocycles. The summed E-state index contributed by atoms with van der Waals surface area (Å²) in [6.45, 7) is 1.13. The lowest BCUT2D eigenvalue weighted by Crippen LogP contribution is -2.38. The molecule has 1 aliphatic heterocycles. The summed E-state index contributed by atoms with van der Waals surface area (Å²) in [5, 5.41) is 5.07. The zero-order valence-corrected chi connectivity index (χ0v) is 18.1. The molecule has 0 spiro atoms. The molecule has 1 heterocycles. The molecule has 10 heteroatoms. The third-order valence-electron chi connectivity index (χ3n) is 4.51. The Morgan fingerprint density at radius 1 is 1.06 bits per heavy atom. The number of methoxy groups -OCH3 is 1. The number of nitrogens with zero attached hydrogens (tertiary/aromatic N) is 1. The third-order valence-corrected chi connectivity index (χ3v) is 4.51. The largest absolute Gasteiger partial charge is 0.495 e. The van der Waals surface area contributed by atoms with E-state index in [0.29, 0.717) is 22.7 Å². The smallest absolute Gasteiger partial charge is 0.344 e.